The number of methoxy groups -OCH3 is 2. The summed E-state index contributed by atoms with van der Waals surface area (Å²) >= 11 is 0. The average molecular weight is 303 g/mol. The van der Waals surface area contributed by atoms with Crippen molar-refractivity contribution < 1.29 is 28.1 Å². The fourth-order valence-corrected chi connectivity index (χ4v) is 4.83. The van der Waals surface area contributed by atoms with Gasteiger partial charge in [-0.3, -0.25) is 4.79 Å². The van der Waals surface area contributed by atoms with E-state index in [4.69, 9.17) is 0 Å². The minimum absolute atomic E-state index is 0.128. The van der Waals surface area contributed by atoms with Gasteiger partial charge in [0.1, 0.15) is 15.4 Å². The lowest BCUT2D eigenvalue weighted by Gasteiger charge is -2.11. The van der Waals surface area contributed by atoms with E-state index in [0.29, 0.717) is 0 Å². The highest BCUT2D eigenvalue weighted by molar-refractivity contribution is 8.73. The Kier molecular flexibility index (Phi) is 3.50. The van der Waals surface area contributed by atoms with Crippen LogP contribution in [0.5, 0.6) is 0 Å². The van der Waals surface area contributed by atoms with Crippen molar-refractivity contribution >= 4 is 38.5 Å². The van der Waals surface area contributed by atoms with E-state index < -0.39 is 27.7 Å². The van der Waals surface area contributed by atoms with Crippen molar-refractivity contribution in [1.82, 2.24) is 4.90 Å². The third-order valence-corrected chi connectivity index (χ3v) is 5.46. The third-order valence-electron chi connectivity index (χ3n) is 2.60. The van der Waals surface area contributed by atoms with Crippen LogP contribution in [-0.4, -0.2) is 48.2 Å². The fourth-order valence-electron chi connectivity index (χ4n) is 1.71. The SMILES string of the molecule is COC(=O)C1=C2SS(=O)C(C(=O)OC)=C2N(C)C1=O. The summed E-state index contributed by atoms with van der Waals surface area (Å²) in [4.78, 5) is 36.3. The van der Waals surface area contributed by atoms with Crippen molar-refractivity contribution in [3.63, 3.8) is 0 Å². The van der Waals surface area contributed by atoms with Gasteiger partial charge in [-0.2, -0.15) is 0 Å². The number of rotatable bonds is 2. The first kappa shape index (κ1) is 13.8. The number of carbonyl (C=O) groups is 3. The maximum atomic E-state index is 12.0. The second kappa shape index (κ2) is 4.82. The zero-order valence-corrected chi connectivity index (χ0v) is 11.8. The van der Waals surface area contributed by atoms with Gasteiger partial charge in [-0.15, -0.1) is 0 Å². The highest BCUT2D eigenvalue weighted by atomic mass is 33.1. The molecule has 2 aliphatic heterocycles. The Labute approximate surface area is 114 Å². The smallest absolute Gasteiger partial charge is 0.350 e. The molecule has 0 saturated carbocycles. The number of nitrogens with zero attached hydrogens (tertiary/aromatic N) is 1. The van der Waals surface area contributed by atoms with Gasteiger partial charge in [-0.1, -0.05) is 0 Å². The molecule has 0 aromatic heterocycles. The van der Waals surface area contributed by atoms with Crippen molar-refractivity contribution in [3.05, 3.63) is 21.1 Å². The van der Waals surface area contributed by atoms with Crippen LogP contribution in [0.4, 0.5) is 0 Å². The Balaban J connectivity index is 2.66. The molecule has 7 nitrogen and oxygen atoms in total. The van der Waals surface area contributed by atoms with Crippen LogP contribution in [0, 0.1) is 0 Å². The van der Waals surface area contributed by atoms with E-state index in [9.17, 15) is 18.6 Å². The summed E-state index contributed by atoms with van der Waals surface area (Å²) in [6, 6.07) is 0. The van der Waals surface area contributed by atoms with Gasteiger partial charge in [0.05, 0.1) is 24.8 Å². The Hall–Kier alpha value is -1.61. The van der Waals surface area contributed by atoms with Crippen LogP contribution in [0.2, 0.25) is 0 Å². The molecule has 1 atom stereocenters. The highest BCUT2D eigenvalue weighted by Gasteiger charge is 2.47. The highest BCUT2D eigenvalue weighted by Crippen LogP contribution is 2.48. The zero-order valence-electron chi connectivity index (χ0n) is 10.2. The second-order valence-corrected chi connectivity index (χ2v) is 6.41. The van der Waals surface area contributed by atoms with Crippen molar-refractivity contribution in [3.8, 4) is 0 Å². The summed E-state index contributed by atoms with van der Waals surface area (Å²) in [5.41, 5.74) is -0.0576. The summed E-state index contributed by atoms with van der Waals surface area (Å²) in [5, 5.41) is 0. The Morgan fingerprint density at radius 2 is 1.79 bits per heavy atom. The Bertz CT molecular complexity index is 591. The molecule has 0 N–H and O–H groups in total. The summed E-state index contributed by atoms with van der Waals surface area (Å²) in [7, 11) is 2.73. The van der Waals surface area contributed by atoms with E-state index >= 15 is 0 Å². The fraction of sp³-hybridized carbons (Fsp3) is 0.300. The summed E-state index contributed by atoms with van der Waals surface area (Å²) < 4.78 is 20.9. The molecule has 0 radical (unpaired) electrons. The molecule has 2 rings (SSSR count). The zero-order chi connectivity index (χ0) is 14.3. The molecule has 0 aromatic rings. The lowest BCUT2D eigenvalue weighted by Crippen LogP contribution is -2.25. The second-order valence-electron chi connectivity index (χ2n) is 3.55. The maximum Gasteiger partial charge on any atom is 0.350 e. The van der Waals surface area contributed by atoms with Gasteiger partial charge in [0, 0.05) is 7.05 Å². The van der Waals surface area contributed by atoms with Gasteiger partial charge in [0.2, 0.25) is 0 Å². The van der Waals surface area contributed by atoms with E-state index in [0.717, 1.165) is 29.9 Å². The van der Waals surface area contributed by atoms with Gasteiger partial charge in [0.15, 0.2) is 4.91 Å². The van der Waals surface area contributed by atoms with Crippen LogP contribution < -0.4 is 0 Å². The number of hydrogen-bond acceptors (Lipinski definition) is 7. The molecule has 1 amide bonds. The van der Waals surface area contributed by atoms with Gasteiger partial charge in [0.25, 0.3) is 5.91 Å². The summed E-state index contributed by atoms with van der Waals surface area (Å²) in [6.07, 6.45) is 0. The van der Waals surface area contributed by atoms with Gasteiger partial charge < -0.3 is 14.4 Å². The normalized spacial score (nSPS) is 21.9. The Morgan fingerprint density at radius 1 is 1.21 bits per heavy atom. The molecule has 2 aliphatic rings. The lowest BCUT2D eigenvalue weighted by molar-refractivity contribution is -0.139. The first-order valence-corrected chi connectivity index (χ1v) is 7.46. The molecule has 0 aliphatic carbocycles. The number of fused-ring (bicyclic) bond motifs is 1. The number of ether oxygens (including phenoxy) is 2. The van der Waals surface area contributed by atoms with Gasteiger partial charge >= 0.3 is 11.9 Å². The molecule has 102 valence electrons. The van der Waals surface area contributed by atoms with Crippen LogP contribution in [0.25, 0.3) is 0 Å². The molecule has 0 bridgehead atoms. The van der Waals surface area contributed by atoms with E-state index in [-0.39, 0.29) is 21.1 Å². The third kappa shape index (κ3) is 1.89. The lowest BCUT2D eigenvalue weighted by atomic mass is 10.2. The van der Waals surface area contributed by atoms with E-state index in [1.54, 1.807) is 0 Å². The number of carbonyl (C=O) groups excluding carboxylic acids is 3. The van der Waals surface area contributed by atoms with Gasteiger partial charge in [-0.25, -0.2) is 13.8 Å². The molecule has 0 aromatic carbocycles. The van der Waals surface area contributed by atoms with Crippen LogP contribution >= 0.6 is 10.8 Å². The molecule has 2 heterocycles. The minimum Gasteiger partial charge on any atom is -0.465 e. The van der Waals surface area contributed by atoms with Crippen molar-refractivity contribution in [1.29, 1.82) is 0 Å². The molecule has 19 heavy (non-hydrogen) atoms. The van der Waals surface area contributed by atoms with E-state index in [1.165, 1.54) is 7.05 Å². The largest absolute Gasteiger partial charge is 0.465 e. The van der Waals surface area contributed by atoms with Crippen LogP contribution in [-0.2, 0) is 33.7 Å². The molecular formula is C10H9NO6S2. The van der Waals surface area contributed by atoms with E-state index in [2.05, 4.69) is 9.47 Å². The first-order valence-electron chi connectivity index (χ1n) is 4.97. The number of hydrogen-bond donors (Lipinski definition) is 0. The average Bonchev–Trinajstić information content (AvgIpc) is 2.84. The van der Waals surface area contributed by atoms with Gasteiger partial charge in [-0.05, 0) is 10.8 Å². The molecular weight excluding hydrogens is 294 g/mol. The van der Waals surface area contributed by atoms with Crippen LogP contribution in [0.15, 0.2) is 21.1 Å². The van der Waals surface area contributed by atoms with Crippen molar-refractivity contribution in [2.75, 3.05) is 21.3 Å². The quantitative estimate of drug-likeness (QED) is 0.392. The van der Waals surface area contributed by atoms with Crippen LogP contribution in [0.3, 0.4) is 0 Å². The monoisotopic (exact) mass is 303 g/mol. The first-order chi connectivity index (χ1) is 8.93. The van der Waals surface area contributed by atoms with Crippen molar-refractivity contribution in [2.45, 2.75) is 0 Å². The summed E-state index contributed by atoms with van der Waals surface area (Å²) in [5.74, 6) is -2.21. The van der Waals surface area contributed by atoms with E-state index in [1.807, 2.05) is 0 Å². The minimum atomic E-state index is -1.71. The molecule has 0 saturated heterocycles. The maximum absolute atomic E-state index is 12.0. The number of esters is 2. The molecule has 0 spiro atoms. The van der Waals surface area contributed by atoms with Crippen molar-refractivity contribution in [2.24, 2.45) is 0 Å². The molecule has 0 fully saturated rings. The Morgan fingerprint density at radius 3 is 2.32 bits per heavy atom. The van der Waals surface area contributed by atoms with Crippen LogP contribution in [0.1, 0.15) is 0 Å². The summed E-state index contributed by atoms with van der Waals surface area (Å²) in [6.45, 7) is 0. The standard InChI is InChI=1S/C10H9NO6S2/c1-11-5-6(4(8(11)12)9(13)16-2)18-19(15)7(5)10(14)17-3/h1-3H3. The topological polar surface area (TPSA) is 90.0 Å². The number of likely N-dealkylation sites (N-methyl/N-ethyl adjacent to an activating group) is 1. The predicted octanol–water partition coefficient (Wildman–Crippen LogP) is -0.319. The number of amides is 1. The predicted molar refractivity (Wildman–Crippen MR) is 66.6 cm³/mol. The molecule has 1 unspecified atom stereocenters. The molecule has 9 heteroatoms.